The van der Waals surface area contributed by atoms with Crippen molar-refractivity contribution in [2.75, 3.05) is 0 Å². The molecule has 0 aromatic rings. The van der Waals surface area contributed by atoms with Crippen LogP contribution in [0.3, 0.4) is 0 Å². The van der Waals surface area contributed by atoms with Crippen LogP contribution in [0.4, 0.5) is 0 Å². The summed E-state index contributed by atoms with van der Waals surface area (Å²) in [4.78, 5) is 0. The summed E-state index contributed by atoms with van der Waals surface area (Å²) in [6.45, 7) is 0. The van der Waals surface area contributed by atoms with Crippen LogP contribution in [-0.2, 0) is 14.7 Å². The van der Waals surface area contributed by atoms with Gasteiger partial charge in [-0.1, -0.05) is 0 Å². The van der Waals surface area contributed by atoms with Gasteiger partial charge in [0, 0.05) is 0 Å². The molecule has 6 rings (SSSR count). The summed E-state index contributed by atoms with van der Waals surface area (Å²) >= 11 is -1.05. The van der Waals surface area contributed by atoms with E-state index < -0.39 is 25.6 Å². The third-order valence-electron chi connectivity index (χ3n) is 13.7. The molecule has 0 aromatic carbocycles. The number of halogens is 1. The Morgan fingerprint density at radius 3 is 0.575 bits per heavy atom. The summed E-state index contributed by atoms with van der Waals surface area (Å²) in [5.41, 5.74) is 3.60. The normalized spacial score (nSPS) is 30.3. The van der Waals surface area contributed by atoms with E-state index in [1.807, 2.05) is 0 Å². The average Bonchev–Trinajstić information content (AvgIpc) is 3.05. The molecule has 0 atom stereocenters. The predicted octanol–water partition coefficient (Wildman–Crippen LogP) is 13.1. The van der Waals surface area contributed by atoms with Gasteiger partial charge in [-0.05, 0) is 0 Å². The van der Waals surface area contributed by atoms with E-state index in [0.29, 0.717) is 0 Å². The second kappa shape index (κ2) is 15.4. The molecule has 40 heavy (non-hydrogen) atoms. The van der Waals surface area contributed by atoms with E-state index in [9.17, 15) is 0 Å². The van der Waals surface area contributed by atoms with Crippen molar-refractivity contribution in [3.05, 3.63) is 0 Å². The molecule has 0 bridgehead atoms. The monoisotopic (exact) mass is 703 g/mol. The zero-order valence-corrected chi connectivity index (χ0v) is 30.7. The fourth-order valence-corrected chi connectivity index (χ4v) is 79.6. The van der Waals surface area contributed by atoms with Crippen molar-refractivity contribution in [3.8, 4) is 0 Å². The van der Waals surface area contributed by atoms with Gasteiger partial charge in [0.2, 0.25) is 0 Å². The summed E-state index contributed by atoms with van der Waals surface area (Å²) in [5, 5.41) is 0. The van der Waals surface area contributed by atoms with E-state index in [-0.39, 0.29) is 0 Å². The predicted molar refractivity (Wildman–Crippen MR) is 184 cm³/mol. The molecule has 0 unspecified atom stereocenters. The quantitative estimate of drug-likeness (QED) is 0.174. The zero-order chi connectivity index (χ0) is 27.3. The van der Waals surface area contributed by atoms with Gasteiger partial charge in [-0.2, -0.15) is 0 Å². The van der Waals surface area contributed by atoms with E-state index in [1.165, 1.54) is 0 Å². The number of rotatable bonds is 8. The van der Waals surface area contributed by atoms with Gasteiger partial charge < -0.3 is 0 Å². The van der Waals surface area contributed by atoms with Gasteiger partial charge in [0.1, 0.15) is 0 Å². The topological polar surface area (TPSA) is 0 Å². The molecule has 0 radical (unpaired) electrons. The fourth-order valence-electron chi connectivity index (χ4n) is 12.1. The molecular formula is C36H68ClP2Pd. The summed E-state index contributed by atoms with van der Waals surface area (Å²) in [6, 6.07) is 0. The molecule has 6 fully saturated rings. The van der Waals surface area contributed by atoms with E-state index in [0.717, 1.165) is 34.0 Å². The minimum absolute atomic E-state index is 1.05. The second-order valence-corrected chi connectivity index (χ2v) is 42.2. The van der Waals surface area contributed by atoms with Gasteiger partial charge in [0.25, 0.3) is 0 Å². The Morgan fingerprint density at radius 2 is 0.425 bits per heavy atom. The number of hydrogen-bond acceptors (Lipinski definition) is 0. The first-order valence-corrected chi connectivity index (χ1v) is 29.8. The Hall–Kier alpha value is 1.81. The summed E-state index contributed by atoms with van der Waals surface area (Å²) in [7, 11) is 9.17. The van der Waals surface area contributed by atoms with Crippen LogP contribution < -0.4 is 0 Å². The molecule has 0 heterocycles. The Balaban J connectivity index is 1.54. The standard InChI is InChI=1S/2C18H33P.ClH.Pd/c2*1-4-10-16(11-5-1)19(17-12-6-2-7-13-17)18-14-8-3-9-15-18;;/h2*16-18H,1-15H2;1H;/q;;;-1/p+1. The molecule has 239 valence electrons. The molecule has 0 aromatic heterocycles. The van der Waals surface area contributed by atoms with Gasteiger partial charge >= 0.3 is 262 Å². The second-order valence-electron chi connectivity index (χ2n) is 15.8. The molecular weight excluding hydrogens is 636 g/mol. The molecule has 6 aliphatic rings. The first kappa shape index (κ1) is 31.8. The van der Waals surface area contributed by atoms with Gasteiger partial charge in [-0.15, -0.1) is 0 Å². The van der Waals surface area contributed by atoms with Crippen LogP contribution in [0.15, 0.2) is 0 Å². The first-order valence-electron chi connectivity index (χ1n) is 19.1. The van der Waals surface area contributed by atoms with E-state index in [2.05, 4.69) is 0 Å². The van der Waals surface area contributed by atoms with Crippen molar-refractivity contribution in [1.29, 1.82) is 0 Å². The van der Waals surface area contributed by atoms with Crippen LogP contribution in [0, 0.1) is 0 Å². The van der Waals surface area contributed by atoms with Gasteiger partial charge in [0.15, 0.2) is 0 Å². The van der Waals surface area contributed by atoms with Crippen LogP contribution in [0.5, 0.6) is 0 Å². The van der Waals surface area contributed by atoms with Crippen molar-refractivity contribution in [1.82, 2.24) is 0 Å². The molecule has 6 saturated carbocycles. The van der Waals surface area contributed by atoms with Crippen molar-refractivity contribution in [2.24, 2.45) is 0 Å². The molecule has 0 saturated heterocycles. The van der Waals surface area contributed by atoms with Crippen molar-refractivity contribution in [2.45, 2.75) is 227 Å². The molecule has 0 spiro atoms. The van der Waals surface area contributed by atoms with E-state index >= 15 is 0 Å². The Morgan fingerprint density at radius 1 is 0.275 bits per heavy atom. The first-order chi connectivity index (χ1) is 19.8. The Labute approximate surface area is 260 Å². The fraction of sp³-hybridized carbons (Fsp3) is 1.00. The summed E-state index contributed by atoms with van der Waals surface area (Å²) in [6.07, 6.45) is 47.7. The molecule has 4 heteroatoms. The third-order valence-corrected chi connectivity index (χ3v) is 60.9. The number of hydrogen-bond donors (Lipinski definition) is 0. The van der Waals surface area contributed by atoms with Crippen LogP contribution >= 0.6 is 20.4 Å². The SMILES string of the molecule is [Cl][Pd]([PH](C1CCCCC1)(C1CCCCC1)C1CCCCC1)[PH](C1CCCCC1)(C1CCCCC1)C1CCCCC1. The molecule has 6 aliphatic carbocycles. The van der Waals surface area contributed by atoms with Crippen LogP contribution in [-0.4, -0.2) is 34.0 Å². The van der Waals surface area contributed by atoms with Crippen LogP contribution in [0.2, 0.25) is 0 Å². The summed E-state index contributed by atoms with van der Waals surface area (Å²) < 4.78 is 0. The average molecular weight is 705 g/mol. The maximum atomic E-state index is 9.17. The molecule has 0 nitrogen and oxygen atoms in total. The zero-order valence-electron chi connectivity index (χ0n) is 26.4. The summed E-state index contributed by atoms with van der Waals surface area (Å²) in [5.74, 6) is 0. The Kier molecular flexibility index (Phi) is 12.2. The van der Waals surface area contributed by atoms with Gasteiger partial charge in [0.05, 0.1) is 0 Å². The van der Waals surface area contributed by atoms with E-state index in [1.54, 1.807) is 193 Å². The molecule has 0 N–H and O–H groups in total. The van der Waals surface area contributed by atoms with Crippen molar-refractivity contribution < 1.29 is 14.7 Å². The molecule has 0 aliphatic heterocycles. The molecule has 0 amide bonds. The third kappa shape index (κ3) is 6.27. The van der Waals surface area contributed by atoms with Crippen LogP contribution in [0.1, 0.15) is 193 Å². The minimum atomic E-state index is -1.64. The Bertz CT molecular complexity index is 585. The maximum absolute atomic E-state index is 9.17. The van der Waals surface area contributed by atoms with E-state index in [4.69, 9.17) is 9.53 Å². The van der Waals surface area contributed by atoms with Crippen LogP contribution in [0.25, 0.3) is 0 Å². The van der Waals surface area contributed by atoms with Crippen molar-refractivity contribution >= 4 is 20.4 Å². The van der Waals surface area contributed by atoms with Crippen molar-refractivity contribution in [3.63, 3.8) is 0 Å². The van der Waals surface area contributed by atoms with Gasteiger partial charge in [-0.3, -0.25) is 0 Å². The van der Waals surface area contributed by atoms with Gasteiger partial charge in [-0.25, -0.2) is 0 Å².